The Hall–Kier alpha value is -1.85. The molecular formula is C8H12N4O2. The first-order chi connectivity index (χ1) is 6.43. The molecule has 1 heterocycles. The molecule has 0 fully saturated rings. The van der Waals surface area contributed by atoms with Gasteiger partial charge in [-0.15, -0.1) is 0 Å². The molecule has 6 nitrogen and oxygen atoms in total. The summed E-state index contributed by atoms with van der Waals surface area (Å²) >= 11 is 0. The van der Waals surface area contributed by atoms with E-state index in [9.17, 15) is 10.1 Å². The van der Waals surface area contributed by atoms with Gasteiger partial charge in [-0.25, -0.2) is 0 Å². The normalized spacial score (nSPS) is 10.5. The van der Waals surface area contributed by atoms with Gasteiger partial charge < -0.3 is 21.6 Å². The zero-order chi connectivity index (χ0) is 10.9. The number of pyridine rings is 1. The molecule has 0 atom stereocenters. The van der Waals surface area contributed by atoms with Crippen LogP contribution in [0.4, 0.5) is 17.3 Å². The quantitative estimate of drug-likeness (QED) is 0.547. The number of nitro groups is 1. The van der Waals surface area contributed by atoms with E-state index in [0.29, 0.717) is 11.3 Å². The molecule has 0 aliphatic rings. The highest BCUT2D eigenvalue weighted by molar-refractivity contribution is 5.66. The first kappa shape index (κ1) is 10.2. The maximum atomic E-state index is 10.5. The summed E-state index contributed by atoms with van der Waals surface area (Å²) in [5.74, 6) is -0.165. The van der Waals surface area contributed by atoms with Crippen LogP contribution in [0, 0.1) is 10.1 Å². The van der Waals surface area contributed by atoms with Gasteiger partial charge in [0.05, 0.1) is 0 Å². The Morgan fingerprint density at radius 3 is 2.50 bits per heavy atom. The van der Waals surface area contributed by atoms with Crippen LogP contribution in [0.3, 0.4) is 0 Å². The van der Waals surface area contributed by atoms with E-state index < -0.39 is 4.92 Å². The topological polar surface area (TPSA) is 108 Å². The molecule has 0 aromatic carbocycles. The van der Waals surface area contributed by atoms with Crippen molar-refractivity contribution in [2.45, 2.75) is 19.8 Å². The van der Waals surface area contributed by atoms with Gasteiger partial charge in [-0.05, 0) is 21.4 Å². The highest BCUT2D eigenvalue weighted by Gasteiger charge is 2.18. The maximum absolute atomic E-state index is 10.5. The molecule has 76 valence electrons. The minimum absolute atomic E-state index is 0.0166. The van der Waals surface area contributed by atoms with Crippen LogP contribution in [-0.4, -0.2) is 9.91 Å². The molecule has 0 spiro atoms. The van der Waals surface area contributed by atoms with E-state index in [0.717, 1.165) is 0 Å². The number of anilines is 2. The Morgan fingerprint density at radius 2 is 2.07 bits per heavy atom. The van der Waals surface area contributed by atoms with Crippen molar-refractivity contribution in [1.82, 2.24) is 4.98 Å². The predicted octanol–water partition coefficient (Wildman–Crippen LogP) is 1.28. The fourth-order valence-electron chi connectivity index (χ4n) is 1.15. The molecule has 1 rings (SSSR count). The Balaban J connectivity index is 3.35. The second-order valence-electron chi connectivity index (χ2n) is 3.28. The lowest BCUT2D eigenvalue weighted by molar-refractivity contribution is -0.389. The van der Waals surface area contributed by atoms with Crippen LogP contribution >= 0.6 is 0 Å². The average molecular weight is 196 g/mol. The Morgan fingerprint density at radius 1 is 1.50 bits per heavy atom. The number of nitrogens with two attached hydrogens (primary N) is 2. The SMILES string of the molecule is CC(C)c1cc([N+](=O)[O-])nc(N)c1N. The minimum atomic E-state index is -0.582. The van der Waals surface area contributed by atoms with Gasteiger partial charge in [-0.1, -0.05) is 13.8 Å². The molecule has 0 unspecified atom stereocenters. The molecule has 0 bridgehead atoms. The van der Waals surface area contributed by atoms with Crippen LogP contribution in [0.5, 0.6) is 0 Å². The number of hydrogen-bond acceptors (Lipinski definition) is 5. The van der Waals surface area contributed by atoms with Crippen LogP contribution in [0.2, 0.25) is 0 Å². The molecule has 0 saturated heterocycles. The van der Waals surface area contributed by atoms with Crippen LogP contribution in [0.15, 0.2) is 6.07 Å². The smallest absolute Gasteiger partial charge is 0.366 e. The van der Waals surface area contributed by atoms with Gasteiger partial charge in [0.2, 0.25) is 0 Å². The zero-order valence-corrected chi connectivity index (χ0v) is 8.02. The van der Waals surface area contributed by atoms with Crippen molar-refractivity contribution in [3.05, 3.63) is 21.7 Å². The molecule has 0 radical (unpaired) electrons. The summed E-state index contributed by atoms with van der Waals surface area (Å²) in [5, 5.41) is 10.5. The fraction of sp³-hybridized carbons (Fsp3) is 0.375. The highest BCUT2D eigenvalue weighted by atomic mass is 16.6. The van der Waals surface area contributed by atoms with Crippen molar-refractivity contribution in [2.75, 3.05) is 11.5 Å². The van der Waals surface area contributed by atoms with Crippen molar-refractivity contribution >= 4 is 17.3 Å². The minimum Gasteiger partial charge on any atom is -0.394 e. The Kier molecular flexibility index (Phi) is 2.55. The molecule has 0 amide bonds. The number of nitrogen functional groups attached to an aromatic ring is 2. The van der Waals surface area contributed by atoms with Crippen molar-refractivity contribution in [3.8, 4) is 0 Å². The van der Waals surface area contributed by atoms with Crippen LogP contribution in [0.1, 0.15) is 25.3 Å². The Bertz CT molecular complexity index is 376. The second kappa shape index (κ2) is 3.49. The monoisotopic (exact) mass is 196 g/mol. The van der Waals surface area contributed by atoms with Crippen LogP contribution in [-0.2, 0) is 0 Å². The molecule has 14 heavy (non-hydrogen) atoms. The van der Waals surface area contributed by atoms with E-state index >= 15 is 0 Å². The van der Waals surface area contributed by atoms with Crippen molar-refractivity contribution in [1.29, 1.82) is 0 Å². The van der Waals surface area contributed by atoms with E-state index in [1.807, 2.05) is 13.8 Å². The zero-order valence-electron chi connectivity index (χ0n) is 8.02. The molecule has 0 saturated carbocycles. The summed E-state index contributed by atoms with van der Waals surface area (Å²) in [6, 6.07) is 1.36. The van der Waals surface area contributed by atoms with E-state index in [1.165, 1.54) is 6.07 Å². The van der Waals surface area contributed by atoms with Gasteiger partial charge in [0.1, 0.15) is 5.69 Å². The lowest BCUT2D eigenvalue weighted by Gasteiger charge is -2.08. The Labute approximate surface area is 81.1 Å². The van der Waals surface area contributed by atoms with Gasteiger partial charge >= 0.3 is 5.82 Å². The van der Waals surface area contributed by atoms with Crippen molar-refractivity contribution in [2.24, 2.45) is 0 Å². The molecule has 1 aromatic heterocycles. The number of aromatic nitrogens is 1. The number of hydrogen-bond donors (Lipinski definition) is 2. The first-order valence-electron chi connectivity index (χ1n) is 4.13. The summed E-state index contributed by atoms with van der Waals surface area (Å²) in [6.07, 6.45) is 0. The molecular weight excluding hydrogens is 184 g/mol. The fourth-order valence-corrected chi connectivity index (χ4v) is 1.15. The van der Waals surface area contributed by atoms with Crippen LogP contribution < -0.4 is 11.5 Å². The van der Waals surface area contributed by atoms with E-state index in [1.54, 1.807) is 0 Å². The third-order valence-electron chi connectivity index (χ3n) is 1.92. The van der Waals surface area contributed by atoms with E-state index in [4.69, 9.17) is 11.5 Å². The lowest BCUT2D eigenvalue weighted by atomic mass is 10.0. The number of nitrogens with zero attached hydrogens (tertiary/aromatic N) is 2. The van der Waals surface area contributed by atoms with Crippen molar-refractivity contribution < 1.29 is 4.92 Å². The summed E-state index contributed by atoms with van der Waals surface area (Å²) in [4.78, 5) is 13.5. The largest absolute Gasteiger partial charge is 0.394 e. The molecule has 0 aliphatic carbocycles. The van der Waals surface area contributed by atoms with E-state index in [-0.39, 0.29) is 17.6 Å². The number of rotatable bonds is 2. The molecule has 1 aromatic rings. The van der Waals surface area contributed by atoms with Gasteiger partial charge in [-0.3, -0.25) is 0 Å². The third kappa shape index (κ3) is 1.73. The standard InChI is InChI=1S/C8H12N4O2/c1-4(2)5-3-6(12(13)14)11-8(10)7(5)9/h3-4H,9H2,1-2H3,(H2,10,11). The summed E-state index contributed by atoms with van der Waals surface area (Å²) < 4.78 is 0. The third-order valence-corrected chi connectivity index (χ3v) is 1.92. The maximum Gasteiger partial charge on any atom is 0.366 e. The van der Waals surface area contributed by atoms with Crippen LogP contribution in [0.25, 0.3) is 0 Å². The second-order valence-corrected chi connectivity index (χ2v) is 3.28. The lowest BCUT2D eigenvalue weighted by Crippen LogP contribution is -2.06. The summed E-state index contributed by atoms with van der Waals surface area (Å²) in [7, 11) is 0. The average Bonchev–Trinajstić information content (AvgIpc) is 2.08. The first-order valence-corrected chi connectivity index (χ1v) is 4.13. The van der Waals surface area contributed by atoms with Gasteiger partial charge in [0.15, 0.2) is 0 Å². The summed E-state index contributed by atoms with van der Waals surface area (Å²) in [5.41, 5.74) is 12.1. The van der Waals surface area contributed by atoms with Gasteiger partial charge in [0.25, 0.3) is 5.82 Å². The molecule has 6 heteroatoms. The van der Waals surface area contributed by atoms with Crippen molar-refractivity contribution in [3.63, 3.8) is 0 Å². The molecule has 0 aliphatic heterocycles. The predicted molar refractivity (Wildman–Crippen MR) is 53.8 cm³/mol. The molecule has 4 N–H and O–H groups in total. The summed E-state index contributed by atoms with van der Waals surface area (Å²) in [6.45, 7) is 3.77. The van der Waals surface area contributed by atoms with Gasteiger partial charge in [0, 0.05) is 6.07 Å². The highest BCUT2D eigenvalue weighted by Crippen LogP contribution is 2.28. The van der Waals surface area contributed by atoms with E-state index in [2.05, 4.69) is 4.98 Å². The van der Waals surface area contributed by atoms with Gasteiger partial charge in [-0.2, -0.15) is 0 Å².